The number of carbonyl (C=O) groups excluding carboxylic acids is 1. The lowest BCUT2D eigenvalue weighted by Gasteiger charge is -2.31. The summed E-state index contributed by atoms with van der Waals surface area (Å²) in [5.41, 5.74) is 0.370. The van der Waals surface area contributed by atoms with E-state index in [0.717, 1.165) is 44.5 Å². The van der Waals surface area contributed by atoms with Gasteiger partial charge in [0.15, 0.2) is 5.11 Å². The molecule has 0 unspecified atom stereocenters. The van der Waals surface area contributed by atoms with Crippen LogP contribution in [0.1, 0.15) is 35.2 Å². The van der Waals surface area contributed by atoms with E-state index in [4.69, 9.17) is 17.0 Å². The molecule has 30 heavy (non-hydrogen) atoms. The van der Waals surface area contributed by atoms with Crippen LogP contribution in [0.15, 0.2) is 42.5 Å². The van der Waals surface area contributed by atoms with Crippen LogP contribution in [-0.4, -0.2) is 31.2 Å². The molecule has 9 heteroatoms. The molecule has 5 nitrogen and oxygen atoms in total. The summed E-state index contributed by atoms with van der Waals surface area (Å²) < 4.78 is 44.8. The topological polar surface area (TPSA) is 53.6 Å². The molecule has 1 aliphatic heterocycles. The lowest BCUT2D eigenvalue weighted by molar-refractivity contribution is -0.137. The van der Waals surface area contributed by atoms with Crippen LogP contribution in [0.2, 0.25) is 0 Å². The molecule has 2 aromatic carbocycles. The zero-order chi connectivity index (χ0) is 21.7. The Morgan fingerprint density at radius 1 is 1.10 bits per heavy atom. The van der Waals surface area contributed by atoms with Crippen LogP contribution in [0.3, 0.4) is 0 Å². The molecule has 0 saturated carbocycles. The lowest BCUT2D eigenvalue weighted by atomic mass is 10.1. The van der Waals surface area contributed by atoms with Crippen LogP contribution in [0.4, 0.5) is 24.5 Å². The summed E-state index contributed by atoms with van der Waals surface area (Å²) in [7, 11) is 1.49. The second-order valence-electron chi connectivity index (χ2n) is 6.92. The minimum Gasteiger partial charge on any atom is -0.497 e. The number of rotatable bonds is 4. The van der Waals surface area contributed by atoms with E-state index < -0.39 is 17.6 Å². The number of carbonyl (C=O) groups is 1. The smallest absolute Gasteiger partial charge is 0.416 e. The van der Waals surface area contributed by atoms with Crippen LogP contribution in [-0.2, 0) is 6.18 Å². The number of thiocarbonyl (C=S) groups is 1. The van der Waals surface area contributed by atoms with Crippen molar-refractivity contribution < 1.29 is 22.7 Å². The fourth-order valence-corrected chi connectivity index (χ4v) is 3.52. The first-order valence-electron chi connectivity index (χ1n) is 9.50. The molecule has 3 rings (SSSR count). The summed E-state index contributed by atoms with van der Waals surface area (Å²) in [6.45, 7) is 1.51. The van der Waals surface area contributed by atoms with Gasteiger partial charge in [0.25, 0.3) is 5.91 Å². The number of alkyl halides is 3. The number of hydrogen-bond donors (Lipinski definition) is 2. The highest BCUT2D eigenvalue weighted by molar-refractivity contribution is 7.80. The van der Waals surface area contributed by atoms with Gasteiger partial charge in [0.05, 0.1) is 24.0 Å². The number of ether oxygens (including phenoxy) is 1. The number of halogens is 3. The highest BCUT2D eigenvalue weighted by atomic mass is 32.1. The molecule has 0 aromatic heterocycles. The number of amides is 1. The Kier molecular flexibility index (Phi) is 6.81. The number of benzene rings is 2. The third-order valence-corrected chi connectivity index (χ3v) is 5.03. The minimum absolute atomic E-state index is 0.0830. The molecule has 1 fully saturated rings. The SMILES string of the molecule is COc1cccc(C(=O)NC(=S)Nc2cc(C(F)(F)F)ccc2N2CCCCC2)c1. The fraction of sp³-hybridized carbons (Fsp3) is 0.333. The Morgan fingerprint density at radius 3 is 2.50 bits per heavy atom. The van der Waals surface area contributed by atoms with E-state index in [2.05, 4.69) is 10.6 Å². The molecule has 2 aromatic rings. The summed E-state index contributed by atoms with van der Waals surface area (Å²) >= 11 is 5.20. The van der Waals surface area contributed by atoms with E-state index >= 15 is 0 Å². The Balaban J connectivity index is 1.80. The first-order chi connectivity index (χ1) is 14.3. The maximum absolute atomic E-state index is 13.2. The number of nitrogens with one attached hydrogen (secondary N) is 2. The highest BCUT2D eigenvalue weighted by Crippen LogP contribution is 2.36. The lowest BCUT2D eigenvalue weighted by Crippen LogP contribution is -2.35. The standard InChI is InChI=1S/C21H22F3N3O2S/c1-29-16-7-5-6-14(12-16)19(28)26-20(30)25-17-13-15(21(22,23)24)8-9-18(17)27-10-3-2-4-11-27/h5-9,12-13H,2-4,10-11H2,1H3,(H2,25,26,28,30). The van der Waals surface area contributed by atoms with Crippen LogP contribution < -0.4 is 20.3 Å². The van der Waals surface area contributed by atoms with Gasteiger partial charge in [-0.15, -0.1) is 0 Å². The van der Waals surface area contributed by atoms with Gasteiger partial charge in [0, 0.05) is 18.7 Å². The minimum atomic E-state index is -4.48. The van der Waals surface area contributed by atoms with Crippen LogP contribution in [0, 0.1) is 0 Å². The van der Waals surface area contributed by atoms with Crippen molar-refractivity contribution >= 4 is 34.6 Å². The average molecular weight is 437 g/mol. The van der Waals surface area contributed by atoms with Crippen LogP contribution in [0.5, 0.6) is 5.75 Å². The molecule has 1 aliphatic rings. The predicted octanol–water partition coefficient (Wildman–Crippen LogP) is 4.83. The number of methoxy groups -OCH3 is 1. The van der Waals surface area contributed by atoms with Gasteiger partial charge < -0.3 is 15.0 Å². The zero-order valence-corrected chi connectivity index (χ0v) is 17.2. The van der Waals surface area contributed by atoms with E-state index in [-0.39, 0.29) is 10.8 Å². The summed E-state index contributed by atoms with van der Waals surface area (Å²) in [6, 6.07) is 10.0. The molecule has 1 saturated heterocycles. The first kappa shape index (κ1) is 21.9. The Labute approximate surface area is 178 Å². The van der Waals surface area contributed by atoms with Crippen molar-refractivity contribution in [1.82, 2.24) is 5.32 Å². The largest absolute Gasteiger partial charge is 0.497 e. The second-order valence-corrected chi connectivity index (χ2v) is 7.33. The molecule has 0 aliphatic carbocycles. The van der Waals surface area contributed by atoms with Gasteiger partial charge in [-0.25, -0.2) is 0 Å². The predicted molar refractivity (Wildman–Crippen MR) is 114 cm³/mol. The van der Waals surface area contributed by atoms with Crippen molar-refractivity contribution in [2.24, 2.45) is 0 Å². The molecular weight excluding hydrogens is 415 g/mol. The molecule has 0 radical (unpaired) electrons. The van der Waals surface area contributed by atoms with E-state index in [0.29, 0.717) is 17.0 Å². The third kappa shape index (κ3) is 5.41. The summed E-state index contributed by atoms with van der Waals surface area (Å²) in [5.74, 6) is 0.0182. The first-order valence-corrected chi connectivity index (χ1v) is 9.91. The van der Waals surface area contributed by atoms with E-state index in [1.165, 1.54) is 13.2 Å². The quantitative estimate of drug-likeness (QED) is 0.671. The number of piperidine rings is 1. The van der Waals surface area contributed by atoms with Gasteiger partial charge in [0.1, 0.15) is 5.75 Å². The molecule has 1 heterocycles. The van der Waals surface area contributed by atoms with Gasteiger partial charge in [0.2, 0.25) is 0 Å². The molecule has 0 atom stereocenters. The maximum atomic E-state index is 13.2. The molecular formula is C21H22F3N3O2S. The highest BCUT2D eigenvalue weighted by Gasteiger charge is 2.31. The monoisotopic (exact) mass is 437 g/mol. The molecule has 2 N–H and O–H groups in total. The van der Waals surface area contributed by atoms with Gasteiger partial charge in [-0.3, -0.25) is 10.1 Å². The van der Waals surface area contributed by atoms with Crippen molar-refractivity contribution in [2.75, 3.05) is 30.4 Å². The zero-order valence-electron chi connectivity index (χ0n) is 16.4. The molecule has 0 spiro atoms. The Morgan fingerprint density at radius 2 is 1.83 bits per heavy atom. The van der Waals surface area contributed by atoms with Gasteiger partial charge in [-0.05, 0) is 67.9 Å². The summed E-state index contributed by atoms with van der Waals surface area (Å²) in [5, 5.41) is 5.20. The van der Waals surface area contributed by atoms with Crippen molar-refractivity contribution in [3.05, 3.63) is 53.6 Å². The van der Waals surface area contributed by atoms with Crippen molar-refractivity contribution in [2.45, 2.75) is 25.4 Å². The van der Waals surface area contributed by atoms with Gasteiger partial charge in [-0.1, -0.05) is 6.07 Å². The average Bonchev–Trinajstić information content (AvgIpc) is 2.73. The van der Waals surface area contributed by atoms with Crippen molar-refractivity contribution in [3.8, 4) is 5.75 Å². The van der Waals surface area contributed by atoms with Gasteiger partial charge >= 0.3 is 6.18 Å². The fourth-order valence-electron chi connectivity index (χ4n) is 3.32. The molecule has 160 valence electrons. The third-order valence-electron chi connectivity index (χ3n) is 4.83. The van der Waals surface area contributed by atoms with E-state index in [1.807, 2.05) is 4.90 Å². The van der Waals surface area contributed by atoms with E-state index in [1.54, 1.807) is 24.3 Å². The number of anilines is 2. The van der Waals surface area contributed by atoms with Crippen molar-refractivity contribution in [1.29, 1.82) is 0 Å². The number of nitrogens with zero attached hydrogens (tertiary/aromatic N) is 1. The maximum Gasteiger partial charge on any atom is 0.416 e. The molecule has 0 bridgehead atoms. The number of hydrogen-bond acceptors (Lipinski definition) is 4. The Bertz CT molecular complexity index is 928. The summed E-state index contributed by atoms with van der Waals surface area (Å²) in [4.78, 5) is 14.5. The normalized spacial score (nSPS) is 14.2. The molecule has 1 amide bonds. The van der Waals surface area contributed by atoms with Crippen LogP contribution >= 0.6 is 12.2 Å². The van der Waals surface area contributed by atoms with Crippen molar-refractivity contribution in [3.63, 3.8) is 0 Å². The Hall–Kier alpha value is -2.81. The second kappa shape index (κ2) is 9.34. The summed E-state index contributed by atoms with van der Waals surface area (Å²) in [6.07, 6.45) is -1.45. The van der Waals surface area contributed by atoms with Crippen LogP contribution in [0.25, 0.3) is 0 Å². The van der Waals surface area contributed by atoms with E-state index in [9.17, 15) is 18.0 Å². The van der Waals surface area contributed by atoms with Gasteiger partial charge in [-0.2, -0.15) is 13.2 Å².